The minimum atomic E-state index is -6.43. The van der Waals surface area contributed by atoms with Gasteiger partial charge in [-0.3, -0.25) is 4.79 Å². The molecular formula is C14H11F7NO. The third-order valence-corrected chi connectivity index (χ3v) is 2.95. The molecule has 0 aliphatic carbocycles. The summed E-state index contributed by atoms with van der Waals surface area (Å²) >= 11 is 0. The Balaban J connectivity index is 2.94. The molecule has 0 atom stereocenters. The first-order chi connectivity index (χ1) is 10.3. The maximum Gasteiger partial charge on any atom is 0.459 e. The molecule has 0 aromatic heterocycles. The van der Waals surface area contributed by atoms with Gasteiger partial charge in [0.25, 0.3) is 5.91 Å². The van der Waals surface area contributed by atoms with E-state index in [4.69, 9.17) is 6.58 Å². The van der Waals surface area contributed by atoms with Crippen molar-refractivity contribution in [2.75, 3.05) is 13.6 Å². The number of hydrogen-bond acceptors (Lipinski definition) is 1. The van der Waals surface area contributed by atoms with Crippen molar-refractivity contribution in [3.8, 4) is 0 Å². The van der Waals surface area contributed by atoms with E-state index in [1.165, 1.54) is 30.3 Å². The molecule has 1 aromatic carbocycles. The van der Waals surface area contributed by atoms with E-state index in [2.05, 4.69) is 0 Å². The van der Waals surface area contributed by atoms with Crippen LogP contribution in [-0.4, -0.2) is 42.4 Å². The van der Waals surface area contributed by atoms with Crippen molar-refractivity contribution in [3.63, 3.8) is 0 Å². The molecule has 0 aliphatic rings. The average molecular weight is 342 g/mol. The number of rotatable bonds is 5. The largest absolute Gasteiger partial charge is 0.459 e. The Morgan fingerprint density at radius 1 is 1.09 bits per heavy atom. The van der Waals surface area contributed by atoms with E-state index >= 15 is 0 Å². The van der Waals surface area contributed by atoms with Crippen LogP contribution < -0.4 is 0 Å². The molecule has 0 fully saturated rings. The number of nitrogens with zero attached hydrogens (tertiary/aromatic N) is 1. The third-order valence-electron chi connectivity index (χ3n) is 2.95. The normalized spacial score (nSPS) is 12.9. The monoisotopic (exact) mass is 342 g/mol. The number of halogens is 7. The van der Waals surface area contributed by atoms with E-state index in [-0.39, 0.29) is 10.5 Å². The SMILES string of the molecule is [CH]=Cc1ccc(C(=O)N(C)CC(F)(F)C(F)(F)C(F)(F)F)cc1. The lowest BCUT2D eigenvalue weighted by atomic mass is 10.1. The van der Waals surface area contributed by atoms with Crippen LogP contribution in [0.3, 0.4) is 0 Å². The van der Waals surface area contributed by atoms with Crippen LogP contribution in [-0.2, 0) is 0 Å². The van der Waals surface area contributed by atoms with Gasteiger partial charge in [0, 0.05) is 12.6 Å². The summed E-state index contributed by atoms with van der Waals surface area (Å²) in [5.41, 5.74) is 0.336. The maximum atomic E-state index is 13.3. The molecule has 0 N–H and O–H groups in total. The molecule has 1 rings (SSSR count). The average Bonchev–Trinajstić information content (AvgIpc) is 2.44. The Labute approximate surface area is 127 Å². The Bertz CT molecular complexity index is 578. The van der Waals surface area contributed by atoms with Gasteiger partial charge in [0.1, 0.15) is 0 Å². The van der Waals surface area contributed by atoms with Crippen molar-refractivity contribution in [2.45, 2.75) is 18.0 Å². The van der Waals surface area contributed by atoms with Crippen LogP contribution in [0, 0.1) is 6.58 Å². The minimum Gasteiger partial charge on any atom is -0.335 e. The third kappa shape index (κ3) is 3.83. The van der Waals surface area contributed by atoms with Gasteiger partial charge < -0.3 is 4.90 Å². The predicted octanol–water partition coefficient (Wildman–Crippen LogP) is 4.04. The van der Waals surface area contributed by atoms with E-state index in [0.717, 1.165) is 0 Å². The smallest absolute Gasteiger partial charge is 0.335 e. The van der Waals surface area contributed by atoms with Gasteiger partial charge in [-0.1, -0.05) is 24.8 Å². The fraction of sp³-hybridized carbons (Fsp3) is 0.357. The number of amides is 1. The van der Waals surface area contributed by atoms with Crippen molar-refractivity contribution >= 4 is 12.0 Å². The molecule has 2 nitrogen and oxygen atoms in total. The molecule has 9 heteroatoms. The second-order valence-electron chi connectivity index (χ2n) is 4.73. The topological polar surface area (TPSA) is 20.3 Å². The zero-order valence-corrected chi connectivity index (χ0v) is 11.7. The van der Waals surface area contributed by atoms with E-state index in [1.54, 1.807) is 0 Å². The van der Waals surface area contributed by atoms with Gasteiger partial charge in [-0.05, 0) is 17.7 Å². The molecule has 0 heterocycles. The summed E-state index contributed by atoms with van der Waals surface area (Å²) in [7, 11) is 0.700. The lowest BCUT2D eigenvalue weighted by Gasteiger charge is -2.31. The summed E-state index contributed by atoms with van der Waals surface area (Å²) < 4.78 is 88.2. The van der Waals surface area contributed by atoms with Gasteiger partial charge in [0.2, 0.25) is 0 Å². The van der Waals surface area contributed by atoms with Gasteiger partial charge >= 0.3 is 18.0 Å². The zero-order valence-electron chi connectivity index (χ0n) is 11.7. The molecule has 23 heavy (non-hydrogen) atoms. The molecule has 0 bridgehead atoms. The Morgan fingerprint density at radius 2 is 1.57 bits per heavy atom. The summed E-state index contributed by atoms with van der Waals surface area (Å²) in [4.78, 5) is 11.9. The predicted molar refractivity (Wildman–Crippen MR) is 68.1 cm³/mol. The standard InChI is InChI=1S/C14H11F7NO/c1-3-9-4-6-10(7-5-9)11(23)22(2)8-12(15,16)13(17,18)14(19,20)21/h1,3-7H,8H2,2H3. The highest BCUT2D eigenvalue weighted by Gasteiger charge is 2.73. The molecule has 1 aromatic rings. The van der Waals surface area contributed by atoms with Gasteiger partial charge in [0.05, 0.1) is 6.54 Å². The van der Waals surface area contributed by atoms with Crippen LogP contribution >= 0.6 is 0 Å². The second-order valence-corrected chi connectivity index (χ2v) is 4.73. The van der Waals surface area contributed by atoms with Crippen LogP contribution in [0.5, 0.6) is 0 Å². The summed E-state index contributed by atoms with van der Waals surface area (Å²) in [6.45, 7) is 3.10. The number of alkyl halides is 7. The van der Waals surface area contributed by atoms with Crippen LogP contribution in [0.2, 0.25) is 0 Å². The van der Waals surface area contributed by atoms with Crippen LogP contribution in [0.25, 0.3) is 6.08 Å². The summed E-state index contributed by atoms with van der Waals surface area (Å²) in [5, 5.41) is 0. The van der Waals surface area contributed by atoms with Crippen molar-refractivity contribution in [1.82, 2.24) is 4.90 Å². The number of hydrogen-bond donors (Lipinski definition) is 0. The summed E-state index contributed by atoms with van der Waals surface area (Å²) in [5.74, 6) is -12.9. The quantitative estimate of drug-likeness (QED) is 0.740. The Kier molecular flexibility index (Phi) is 5.13. The number of carbonyl (C=O) groups is 1. The van der Waals surface area contributed by atoms with Crippen molar-refractivity contribution in [3.05, 3.63) is 42.0 Å². The molecule has 0 unspecified atom stereocenters. The van der Waals surface area contributed by atoms with Crippen LogP contribution in [0.4, 0.5) is 30.7 Å². The van der Waals surface area contributed by atoms with Gasteiger partial charge in [-0.2, -0.15) is 30.7 Å². The zero-order chi connectivity index (χ0) is 18.1. The van der Waals surface area contributed by atoms with Crippen molar-refractivity contribution < 1.29 is 35.5 Å². The summed E-state index contributed by atoms with van der Waals surface area (Å²) in [6.07, 6.45) is -5.24. The molecule has 0 saturated heterocycles. The first-order valence-electron chi connectivity index (χ1n) is 6.06. The molecule has 0 spiro atoms. The van der Waals surface area contributed by atoms with E-state index in [0.29, 0.717) is 12.6 Å². The lowest BCUT2D eigenvalue weighted by molar-refractivity contribution is -0.355. The minimum absolute atomic E-state index is 0.0980. The van der Waals surface area contributed by atoms with Crippen molar-refractivity contribution in [1.29, 1.82) is 0 Å². The van der Waals surface area contributed by atoms with Gasteiger partial charge in [-0.15, -0.1) is 0 Å². The molecule has 0 aliphatic heterocycles. The van der Waals surface area contributed by atoms with Crippen LogP contribution in [0.15, 0.2) is 24.3 Å². The maximum absolute atomic E-state index is 13.3. The molecule has 0 saturated carbocycles. The highest BCUT2D eigenvalue weighted by molar-refractivity contribution is 5.94. The molecule has 1 radical (unpaired) electrons. The van der Waals surface area contributed by atoms with E-state index in [9.17, 15) is 35.5 Å². The fourth-order valence-electron chi connectivity index (χ4n) is 1.63. The Hall–Kier alpha value is -2.06. The number of carbonyl (C=O) groups excluding carboxylic acids is 1. The highest BCUT2D eigenvalue weighted by atomic mass is 19.4. The van der Waals surface area contributed by atoms with E-state index in [1.807, 2.05) is 0 Å². The molecule has 1 amide bonds. The summed E-state index contributed by atoms with van der Waals surface area (Å²) in [6, 6.07) is 5.06. The second kappa shape index (κ2) is 6.21. The van der Waals surface area contributed by atoms with Crippen molar-refractivity contribution in [2.24, 2.45) is 0 Å². The lowest BCUT2D eigenvalue weighted by Crippen LogP contribution is -2.57. The number of benzene rings is 1. The first-order valence-corrected chi connectivity index (χ1v) is 6.06. The van der Waals surface area contributed by atoms with Gasteiger partial charge in [0.15, 0.2) is 0 Å². The van der Waals surface area contributed by atoms with E-state index < -0.39 is 30.5 Å². The molecular weight excluding hydrogens is 331 g/mol. The van der Waals surface area contributed by atoms with Gasteiger partial charge in [-0.25, -0.2) is 0 Å². The first kappa shape index (κ1) is 19.0. The Morgan fingerprint density at radius 3 is 1.96 bits per heavy atom. The highest BCUT2D eigenvalue weighted by Crippen LogP contribution is 2.46. The fourth-order valence-corrected chi connectivity index (χ4v) is 1.63. The molecule has 127 valence electrons. The van der Waals surface area contributed by atoms with Crippen LogP contribution in [0.1, 0.15) is 15.9 Å².